The van der Waals surface area contributed by atoms with E-state index in [0.29, 0.717) is 5.82 Å². The first kappa shape index (κ1) is 12.1. The number of fused-ring (bicyclic) bond motifs is 1. The molecule has 102 valence electrons. The number of benzene rings is 2. The SMILES string of the molecule is O=c1c2ccccc2sn1-c1ccn(-c2ccccc2)n1. The van der Waals surface area contributed by atoms with Crippen LogP contribution in [0.5, 0.6) is 0 Å². The number of rotatable bonds is 2. The Hall–Kier alpha value is -2.66. The third kappa shape index (κ3) is 1.98. The van der Waals surface area contributed by atoms with Crippen molar-refractivity contribution in [2.75, 3.05) is 0 Å². The van der Waals surface area contributed by atoms with Crippen molar-refractivity contribution in [1.82, 2.24) is 13.7 Å². The van der Waals surface area contributed by atoms with Gasteiger partial charge in [-0.05, 0) is 35.8 Å². The molecule has 0 radical (unpaired) electrons. The molecule has 5 heteroatoms. The molecule has 0 saturated heterocycles. The van der Waals surface area contributed by atoms with Crippen molar-refractivity contribution in [3.8, 4) is 11.5 Å². The molecule has 0 atom stereocenters. The highest BCUT2D eigenvalue weighted by Crippen LogP contribution is 2.19. The van der Waals surface area contributed by atoms with Crippen LogP contribution in [-0.4, -0.2) is 13.7 Å². The Morgan fingerprint density at radius 2 is 1.67 bits per heavy atom. The van der Waals surface area contributed by atoms with E-state index in [1.165, 1.54) is 11.5 Å². The smallest absolute Gasteiger partial charge is 0.267 e. The maximum absolute atomic E-state index is 12.4. The summed E-state index contributed by atoms with van der Waals surface area (Å²) in [5.41, 5.74) is 0.951. The van der Waals surface area contributed by atoms with Crippen LogP contribution in [0.15, 0.2) is 71.7 Å². The number of aromatic nitrogens is 3. The second-order valence-electron chi connectivity index (χ2n) is 4.64. The van der Waals surface area contributed by atoms with E-state index in [4.69, 9.17) is 0 Å². The maximum atomic E-state index is 12.4. The fourth-order valence-corrected chi connectivity index (χ4v) is 3.23. The fourth-order valence-electron chi connectivity index (χ4n) is 2.27. The van der Waals surface area contributed by atoms with Crippen LogP contribution < -0.4 is 5.56 Å². The second-order valence-corrected chi connectivity index (χ2v) is 5.63. The van der Waals surface area contributed by atoms with Crippen LogP contribution in [0.25, 0.3) is 21.6 Å². The van der Waals surface area contributed by atoms with Gasteiger partial charge in [-0.15, -0.1) is 5.10 Å². The highest BCUT2D eigenvalue weighted by molar-refractivity contribution is 7.14. The van der Waals surface area contributed by atoms with Crippen LogP contribution in [0.4, 0.5) is 0 Å². The third-order valence-electron chi connectivity index (χ3n) is 3.30. The molecule has 0 saturated carbocycles. The summed E-state index contributed by atoms with van der Waals surface area (Å²) in [4.78, 5) is 12.4. The zero-order valence-corrected chi connectivity index (χ0v) is 11.8. The van der Waals surface area contributed by atoms with Crippen LogP contribution in [-0.2, 0) is 0 Å². The summed E-state index contributed by atoms with van der Waals surface area (Å²) in [5.74, 6) is 0.644. The minimum Gasteiger partial charge on any atom is -0.267 e. The van der Waals surface area contributed by atoms with Gasteiger partial charge in [0, 0.05) is 12.3 Å². The van der Waals surface area contributed by atoms with Gasteiger partial charge < -0.3 is 0 Å². The summed E-state index contributed by atoms with van der Waals surface area (Å²) >= 11 is 1.41. The number of hydrogen-bond donors (Lipinski definition) is 0. The highest BCUT2D eigenvalue weighted by atomic mass is 32.1. The van der Waals surface area contributed by atoms with Crippen LogP contribution in [0.3, 0.4) is 0 Å². The topological polar surface area (TPSA) is 39.8 Å². The lowest BCUT2D eigenvalue weighted by Gasteiger charge is -1.99. The fraction of sp³-hybridized carbons (Fsp3) is 0. The molecule has 0 unspecified atom stereocenters. The summed E-state index contributed by atoms with van der Waals surface area (Å²) in [5, 5.41) is 5.23. The Labute approximate surface area is 124 Å². The van der Waals surface area contributed by atoms with Crippen LogP contribution >= 0.6 is 11.5 Å². The number of para-hydroxylation sites is 1. The van der Waals surface area contributed by atoms with Gasteiger partial charge in [0.05, 0.1) is 15.8 Å². The first-order valence-electron chi connectivity index (χ1n) is 6.55. The van der Waals surface area contributed by atoms with Crippen LogP contribution in [0.1, 0.15) is 0 Å². The molecular weight excluding hydrogens is 282 g/mol. The first-order chi connectivity index (χ1) is 10.3. The van der Waals surface area contributed by atoms with Gasteiger partial charge in [0.2, 0.25) is 0 Å². The molecule has 2 aromatic heterocycles. The predicted octanol–water partition coefficient (Wildman–Crippen LogP) is 3.24. The van der Waals surface area contributed by atoms with E-state index in [1.807, 2.05) is 66.9 Å². The standard InChI is InChI=1S/C16H11N3OS/c20-16-13-8-4-5-9-14(13)21-19(16)15-10-11-18(17-15)12-6-2-1-3-7-12/h1-11H. The van der Waals surface area contributed by atoms with Gasteiger partial charge in [0.25, 0.3) is 5.56 Å². The van der Waals surface area contributed by atoms with Gasteiger partial charge in [0.15, 0.2) is 5.82 Å². The summed E-state index contributed by atoms with van der Waals surface area (Å²) in [7, 11) is 0. The zero-order valence-electron chi connectivity index (χ0n) is 11.0. The lowest BCUT2D eigenvalue weighted by atomic mass is 10.3. The summed E-state index contributed by atoms with van der Waals surface area (Å²) in [6.45, 7) is 0. The van der Waals surface area contributed by atoms with Gasteiger partial charge in [0.1, 0.15) is 0 Å². The van der Waals surface area contributed by atoms with E-state index in [1.54, 1.807) is 8.64 Å². The molecule has 0 bridgehead atoms. The largest absolute Gasteiger partial charge is 0.274 e. The van der Waals surface area contributed by atoms with Crippen molar-refractivity contribution < 1.29 is 0 Å². The minimum absolute atomic E-state index is 0.0195. The van der Waals surface area contributed by atoms with E-state index in [-0.39, 0.29) is 5.56 Å². The van der Waals surface area contributed by atoms with Crippen LogP contribution in [0.2, 0.25) is 0 Å². The Balaban J connectivity index is 1.85. The van der Waals surface area contributed by atoms with E-state index < -0.39 is 0 Å². The molecule has 0 fully saturated rings. The summed E-state index contributed by atoms with van der Waals surface area (Å²) in [6, 6.07) is 19.3. The van der Waals surface area contributed by atoms with Gasteiger partial charge in [-0.25, -0.2) is 8.64 Å². The monoisotopic (exact) mass is 293 g/mol. The molecule has 4 rings (SSSR count). The Morgan fingerprint density at radius 1 is 0.905 bits per heavy atom. The molecule has 4 nitrogen and oxygen atoms in total. The zero-order chi connectivity index (χ0) is 14.2. The molecule has 21 heavy (non-hydrogen) atoms. The number of hydrogen-bond acceptors (Lipinski definition) is 3. The van der Waals surface area contributed by atoms with E-state index >= 15 is 0 Å². The summed E-state index contributed by atoms with van der Waals surface area (Å²) in [6.07, 6.45) is 1.86. The second kappa shape index (κ2) is 4.71. The number of nitrogens with zero attached hydrogens (tertiary/aromatic N) is 3. The van der Waals surface area contributed by atoms with Gasteiger partial charge in [-0.3, -0.25) is 4.79 Å². The Bertz CT molecular complexity index is 966. The molecule has 0 amide bonds. The predicted molar refractivity (Wildman–Crippen MR) is 84.5 cm³/mol. The van der Waals surface area contributed by atoms with Crippen molar-refractivity contribution >= 4 is 21.6 Å². The minimum atomic E-state index is -0.0195. The van der Waals surface area contributed by atoms with E-state index in [9.17, 15) is 4.79 Å². The van der Waals surface area contributed by atoms with Crippen molar-refractivity contribution in [3.05, 3.63) is 77.2 Å². The Kier molecular flexibility index (Phi) is 2.72. The van der Waals surface area contributed by atoms with Crippen molar-refractivity contribution in [3.63, 3.8) is 0 Å². The van der Waals surface area contributed by atoms with Crippen molar-refractivity contribution in [1.29, 1.82) is 0 Å². The molecule has 0 aliphatic carbocycles. The van der Waals surface area contributed by atoms with Crippen molar-refractivity contribution in [2.45, 2.75) is 0 Å². The quantitative estimate of drug-likeness (QED) is 0.569. The lowest BCUT2D eigenvalue weighted by molar-refractivity contribution is 0.856. The van der Waals surface area contributed by atoms with E-state index in [2.05, 4.69) is 5.10 Å². The Morgan fingerprint density at radius 3 is 2.48 bits per heavy atom. The molecule has 0 aliphatic rings. The van der Waals surface area contributed by atoms with Gasteiger partial charge in [-0.2, -0.15) is 0 Å². The van der Waals surface area contributed by atoms with Gasteiger partial charge >= 0.3 is 0 Å². The average Bonchev–Trinajstić information content (AvgIpc) is 3.14. The molecule has 0 aliphatic heterocycles. The summed E-state index contributed by atoms with van der Waals surface area (Å²) < 4.78 is 4.37. The normalized spacial score (nSPS) is 11.0. The van der Waals surface area contributed by atoms with E-state index in [0.717, 1.165) is 15.8 Å². The molecule has 0 N–H and O–H groups in total. The third-order valence-corrected chi connectivity index (χ3v) is 4.38. The molecule has 2 heterocycles. The maximum Gasteiger partial charge on any atom is 0.274 e. The van der Waals surface area contributed by atoms with Crippen LogP contribution in [0, 0.1) is 0 Å². The lowest BCUT2D eigenvalue weighted by Crippen LogP contribution is -2.11. The van der Waals surface area contributed by atoms with Crippen molar-refractivity contribution in [2.24, 2.45) is 0 Å². The molecule has 0 spiro atoms. The molecule has 4 aromatic rings. The first-order valence-corrected chi connectivity index (χ1v) is 7.33. The van der Waals surface area contributed by atoms with Gasteiger partial charge in [-0.1, -0.05) is 30.3 Å². The molecule has 2 aromatic carbocycles. The molecular formula is C16H11N3OS. The average molecular weight is 293 g/mol. The highest BCUT2D eigenvalue weighted by Gasteiger charge is 2.11.